The number of aryl methyl sites for hydroxylation is 1. The summed E-state index contributed by atoms with van der Waals surface area (Å²) >= 11 is 0. The second-order valence-electron chi connectivity index (χ2n) is 8.92. The van der Waals surface area contributed by atoms with Crippen LogP contribution in [0.2, 0.25) is 0 Å². The molecule has 0 saturated carbocycles. The average molecular weight is 509 g/mol. The Labute approximate surface area is 213 Å². The third-order valence-electron chi connectivity index (χ3n) is 6.07. The molecule has 2 heterocycles. The minimum absolute atomic E-state index is 0.286. The van der Waals surface area contributed by atoms with Gasteiger partial charge in [-0.2, -0.15) is 17.0 Å². The summed E-state index contributed by atoms with van der Waals surface area (Å²) in [4.78, 5) is 21.6. The fraction of sp³-hybridized carbons (Fsp3) is 0.308. The number of urea groups is 1. The van der Waals surface area contributed by atoms with Crippen molar-refractivity contribution in [1.29, 1.82) is 0 Å². The quantitative estimate of drug-likeness (QED) is 0.526. The van der Waals surface area contributed by atoms with Crippen molar-refractivity contribution >= 4 is 33.3 Å². The van der Waals surface area contributed by atoms with E-state index in [0.29, 0.717) is 44.1 Å². The maximum absolute atomic E-state index is 13.4. The van der Waals surface area contributed by atoms with Crippen molar-refractivity contribution in [3.63, 3.8) is 0 Å². The van der Waals surface area contributed by atoms with E-state index >= 15 is 0 Å². The van der Waals surface area contributed by atoms with Gasteiger partial charge in [0.05, 0.1) is 17.6 Å². The molecular formula is C26H32N6O3S. The summed E-state index contributed by atoms with van der Waals surface area (Å²) in [7, 11) is -0.287. The second-order valence-corrected chi connectivity index (χ2v) is 11.1. The number of anilines is 3. The minimum Gasteiger partial charge on any atom is -0.307 e. The lowest BCUT2D eigenvalue weighted by Crippen LogP contribution is -2.51. The fourth-order valence-corrected chi connectivity index (χ4v) is 5.17. The van der Waals surface area contributed by atoms with Crippen molar-refractivity contribution in [3.8, 4) is 0 Å². The number of nitrogens with one attached hydrogen (secondary N) is 1. The Bertz CT molecular complexity index is 1270. The van der Waals surface area contributed by atoms with Crippen LogP contribution in [-0.2, 0) is 16.8 Å². The number of hydrogen-bond donors (Lipinski definition) is 1. The van der Waals surface area contributed by atoms with E-state index in [0.717, 1.165) is 16.9 Å². The number of aromatic nitrogens is 1. The lowest BCUT2D eigenvalue weighted by atomic mass is 10.1. The molecule has 3 aromatic rings. The van der Waals surface area contributed by atoms with Crippen LogP contribution in [0.15, 0.2) is 72.9 Å². The molecule has 36 heavy (non-hydrogen) atoms. The van der Waals surface area contributed by atoms with Crippen LogP contribution in [0.1, 0.15) is 11.3 Å². The summed E-state index contributed by atoms with van der Waals surface area (Å²) in [6, 6.07) is 20.7. The molecule has 1 aromatic heterocycles. The number of rotatable bonds is 7. The van der Waals surface area contributed by atoms with Gasteiger partial charge in [-0.1, -0.05) is 30.3 Å². The van der Waals surface area contributed by atoms with Gasteiger partial charge in [0.15, 0.2) is 0 Å². The Morgan fingerprint density at radius 3 is 2.31 bits per heavy atom. The Morgan fingerprint density at radius 2 is 1.67 bits per heavy atom. The van der Waals surface area contributed by atoms with E-state index in [-0.39, 0.29) is 6.03 Å². The summed E-state index contributed by atoms with van der Waals surface area (Å²) < 4.78 is 27.5. The monoisotopic (exact) mass is 508 g/mol. The predicted octanol–water partition coefficient (Wildman–Crippen LogP) is 3.68. The Balaban J connectivity index is 1.44. The molecule has 2 aromatic carbocycles. The van der Waals surface area contributed by atoms with Crippen LogP contribution in [-0.4, -0.2) is 73.2 Å². The van der Waals surface area contributed by atoms with E-state index in [9.17, 15) is 13.2 Å². The molecule has 0 bridgehead atoms. The van der Waals surface area contributed by atoms with Gasteiger partial charge in [0.25, 0.3) is 10.2 Å². The van der Waals surface area contributed by atoms with Gasteiger partial charge in [-0.15, -0.1) is 0 Å². The number of benzene rings is 2. The number of hydrogen-bond acceptors (Lipinski definition) is 5. The van der Waals surface area contributed by atoms with E-state index in [1.165, 1.54) is 8.61 Å². The standard InChI is InChI=1S/C26H32N6O3S/c1-21-12-13-25(19-27-21)32(24-10-5-4-6-11-24)26(33)28-23-9-7-8-22(18-23)20-30-14-16-31(17-15-30)36(34,35)29(2)3/h4-13,18-19H,14-17,20H2,1-3H3,(H,28,33). The highest BCUT2D eigenvalue weighted by molar-refractivity contribution is 7.86. The van der Waals surface area contributed by atoms with Crippen molar-refractivity contribution in [2.75, 3.05) is 50.5 Å². The van der Waals surface area contributed by atoms with Gasteiger partial charge in [-0.05, 0) is 48.9 Å². The number of amides is 2. The minimum atomic E-state index is -3.39. The summed E-state index contributed by atoms with van der Waals surface area (Å²) in [6.07, 6.45) is 1.69. The van der Waals surface area contributed by atoms with Gasteiger partial charge in [0, 0.05) is 58.2 Å². The smallest absolute Gasteiger partial charge is 0.307 e. The van der Waals surface area contributed by atoms with Crippen LogP contribution in [0.4, 0.5) is 21.9 Å². The van der Waals surface area contributed by atoms with Crippen LogP contribution in [0.3, 0.4) is 0 Å². The normalized spacial score (nSPS) is 15.1. The van der Waals surface area contributed by atoms with Crippen LogP contribution >= 0.6 is 0 Å². The largest absolute Gasteiger partial charge is 0.330 e. The molecular weight excluding hydrogens is 476 g/mol. The van der Waals surface area contributed by atoms with E-state index < -0.39 is 10.2 Å². The predicted molar refractivity (Wildman–Crippen MR) is 142 cm³/mol. The molecule has 1 aliphatic rings. The van der Waals surface area contributed by atoms with Crippen LogP contribution in [0, 0.1) is 6.92 Å². The summed E-state index contributed by atoms with van der Waals surface area (Å²) in [6.45, 7) is 4.77. The third kappa shape index (κ3) is 6.08. The molecule has 0 aliphatic carbocycles. The lowest BCUT2D eigenvalue weighted by Gasteiger charge is -2.35. The van der Waals surface area contributed by atoms with Crippen LogP contribution in [0.5, 0.6) is 0 Å². The van der Waals surface area contributed by atoms with Crippen molar-refractivity contribution in [2.24, 2.45) is 0 Å². The maximum atomic E-state index is 13.4. The summed E-state index contributed by atoms with van der Waals surface area (Å²) in [5.41, 5.74) is 4.01. The van der Waals surface area contributed by atoms with Crippen LogP contribution in [0.25, 0.3) is 0 Å². The molecule has 0 atom stereocenters. The number of pyridine rings is 1. The molecule has 1 N–H and O–H groups in total. The SMILES string of the molecule is Cc1ccc(N(C(=O)Nc2cccc(CN3CCN(S(=O)(=O)N(C)C)CC3)c2)c2ccccc2)cn1. The third-order valence-corrected chi connectivity index (χ3v) is 8.02. The zero-order chi connectivity index (χ0) is 25.7. The molecule has 1 aliphatic heterocycles. The van der Waals surface area contributed by atoms with E-state index in [1.807, 2.05) is 73.7 Å². The number of para-hydroxylation sites is 1. The van der Waals surface area contributed by atoms with Gasteiger partial charge >= 0.3 is 6.03 Å². The number of carbonyl (C=O) groups excluding carboxylic acids is 1. The molecule has 0 radical (unpaired) electrons. The molecule has 0 unspecified atom stereocenters. The average Bonchev–Trinajstić information content (AvgIpc) is 2.86. The van der Waals surface area contributed by atoms with Crippen molar-refractivity contribution in [2.45, 2.75) is 13.5 Å². The van der Waals surface area contributed by atoms with Crippen molar-refractivity contribution in [1.82, 2.24) is 18.5 Å². The molecule has 1 saturated heterocycles. The zero-order valence-electron chi connectivity index (χ0n) is 20.8. The first-order valence-corrected chi connectivity index (χ1v) is 13.2. The van der Waals surface area contributed by atoms with Gasteiger partial charge in [-0.3, -0.25) is 14.8 Å². The van der Waals surface area contributed by atoms with Crippen molar-refractivity contribution < 1.29 is 13.2 Å². The Morgan fingerprint density at radius 1 is 0.944 bits per heavy atom. The highest BCUT2D eigenvalue weighted by Crippen LogP contribution is 2.26. The topological polar surface area (TPSA) is 89.1 Å². The van der Waals surface area contributed by atoms with Gasteiger partial charge in [-0.25, -0.2) is 4.79 Å². The number of carbonyl (C=O) groups is 1. The molecule has 0 spiro atoms. The van der Waals surface area contributed by atoms with E-state index in [2.05, 4.69) is 15.2 Å². The summed E-state index contributed by atoms with van der Waals surface area (Å²) in [5, 5.41) is 3.02. The Kier molecular flexibility index (Phi) is 8.00. The number of nitrogens with zero attached hydrogens (tertiary/aromatic N) is 5. The second kappa shape index (κ2) is 11.2. The Hall–Kier alpha value is -3.31. The molecule has 9 nitrogen and oxygen atoms in total. The maximum Gasteiger partial charge on any atom is 0.330 e. The van der Waals surface area contributed by atoms with E-state index in [1.54, 1.807) is 25.2 Å². The molecule has 10 heteroatoms. The van der Waals surface area contributed by atoms with E-state index in [4.69, 9.17) is 0 Å². The van der Waals surface area contributed by atoms with Crippen LogP contribution < -0.4 is 10.2 Å². The van der Waals surface area contributed by atoms with Gasteiger partial charge < -0.3 is 5.32 Å². The first kappa shape index (κ1) is 25.8. The highest BCUT2D eigenvalue weighted by Gasteiger charge is 2.28. The molecule has 1 fully saturated rings. The molecule has 190 valence electrons. The first-order valence-electron chi connectivity index (χ1n) is 11.8. The highest BCUT2D eigenvalue weighted by atomic mass is 32.2. The molecule has 2 amide bonds. The van der Waals surface area contributed by atoms with Gasteiger partial charge in [0.1, 0.15) is 0 Å². The molecule has 4 rings (SSSR count). The van der Waals surface area contributed by atoms with Gasteiger partial charge in [0.2, 0.25) is 0 Å². The lowest BCUT2D eigenvalue weighted by molar-refractivity contribution is 0.177. The number of piperazine rings is 1. The summed E-state index contributed by atoms with van der Waals surface area (Å²) in [5.74, 6) is 0. The first-order chi connectivity index (χ1) is 17.2. The zero-order valence-corrected chi connectivity index (χ0v) is 21.6. The van der Waals surface area contributed by atoms with Crippen molar-refractivity contribution in [3.05, 3.63) is 84.2 Å². The fourth-order valence-electron chi connectivity index (χ4n) is 4.09.